The lowest BCUT2D eigenvalue weighted by Crippen LogP contribution is -2.52. The molecule has 0 aliphatic heterocycles. The second-order valence-electron chi connectivity index (χ2n) is 13.3. The molecular formula is C30H50O2. The number of hydrogen-bond donors (Lipinski definition) is 0. The Morgan fingerprint density at radius 3 is 2.31 bits per heavy atom. The number of ether oxygens (including phenoxy) is 1. The van der Waals surface area contributed by atoms with Crippen LogP contribution < -0.4 is 0 Å². The Labute approximate surface area is 198 Å². The van der Waals surface area contributed by atoms with Gasteiger partial charge in [-0.3, -0.25) is 4.79 Å². The summed E-state index contributed by atoms with van der Waals surface area (Å²) in [5, 5.41) is 0. The molecule has 10 atom stereocenters. The van der Waals surface area contributed by atoms with Gasteiger partial charge in [-0.15, -0.1) is 0 Å². The molecule has 0 saturated heterocycles. The fraction of sp³-hybridized carbons (Fsp3) is 0.900. The third kappa shape index (κ3) is 4.22. The summed E-state index contributed by atoms with van der Waals surface area (Å²) in [7, 11) is 0. The van der Waals surface area contributed by atoms with Crippen molar-refractivity contribution in [1.29, 1.82) is 0 Å². The van der Waals surface area contributed by atoms with Crippen LogP contribution in [0.5, 0.6) is 0 Å². The minimum absolute atomic E-state index is 0.112. The van der Waals surface area contributed by atoms with Crippen LogP contribution in [0.3, 0.4) is 0 Å². The normalized spacial score (nSPS) is 45.0. The lowest BCUT2D eigenvalue weighted by molar-refractivity contribution is -0.153. The number of fused-ring (bicyclic) bond motifs is 5. The van der Waals surface area contributed by atoms with Gasteiger partial charge in [0.2, 0.25) is 0 Å². The molecule has 2 heteroatoms. The lowest BCUT2D eigenvalue weighted by atomic mass is 9.46. The van der Waals surface area contributed by atoms with Gasteiger partial charge in [0, 0.05) is 6.92 Å². The van der Waals surface area contributed by atoms with E-state index in [1.807, 2.05) is 0 Å². The number of carbonyl (C=O) groups is 1. The standard InChI is InChI=1S/C30H50O2/c1-19(2)20(3)8-9-21(4)26-12-13-27-25-11-10-23-18-24(32-22(5)31)14-16-29(23,6)28(25)15-17-30(26,27)7/h10-11,19-21,23-28H,8-9,12-18H2,1-7H3/t20-,21+,23-,24-,25-,26+,27-,28-,29-,30+/m0/s1. The van der Waals surface area contributed by atoms with Gasteiger partial charge in [0.1, 0.15) is 6.10 Å². The Bertz CT molecular complexity index is 710. The van der Waals surface area contributed by atoms with E-state index in [1.54, 1.807) is 6.92 Å². The molecule has 0 N–H and O–H groups in total. The highest BCUT2D eigenvalue weighted by Gasteiger charge is 2.59. The summed E-state index contributed by atoms with van der Waals surface area (Å²) in [6.45, 7) is 16.6. The van der Waals surface area contributed by atoms with Crippen molar-refractivity contribution >= 4 is 5.97 Å². The topological polar surface area (TPSA) is 26.3 Å². The second-order valence-corrected chi connectivity index (χ2v) is 13.3. The maximum Gasteiger partial charge on any atom is 0.302 e. The average Bonchev–Trinajstić information content (AvgIpc) is 3.08. The predicted molar refractivity (Wildman–Crippen MR) is 133 cm³/mol. The maximum atomic E-state index is 11.5. The van der Waals surface area contributed by atoms with Gasteiger partial charge in [-0.2, -0.15) is 0 Å². The third-order valence-corrected chi connectivity index (χ3v) is 11.4. The fourth-order valence-corrected chi connectivity index (χ4v) is 8.96. The molecule has 0 bridgehead atoms. The first-order chi connectivity index (χ1) is 15.1. The van der Waals surface area contributed by atoms with Gasteiger partial charge >= 0.3 is 5.97 Å². The molecule has 4 rings (SSSR count). The van der Waals surface area contributed by atoms with Crippen LogP contribution in [0.4, 0.5) is 0 Å². The number of hydrogen-bond acceptors (Lipinski definition) is 2. The molecule has 3 fully saturated rings. The van der Waals surface area contributed by atoms with Crippen LogP contribution in [0.25, 0.3) is 0 Å². The van der Waals surface area contributed by atoms with E-state index in [4.69, 9.17) is 4.74 Å². The van der Waals surface area contributed by atoms with Crippen molar-refractivity contribution in [3.05, 3.63) is 12.2 Å². The summed E-state index contributed by atoms with van der Waals surface area (Å²) in [5.74, 6) is 6.36. The van der Waals surface area contributed by atoms with E-state index >= 15 is 0 Å². The molecule has 0 amide bonds. The van der Waals surface area contributed by atoms with E-state index in [-0.39, 0.29) is 12.1 Å². The Kier molecular flexibility index (Phi) is 6.92. The van der Waals surface area contributed by atoms with Gasteiger partial charge in [0.15, 0.2) is 0 Å². The van der Waals surface area contributed by atoms with Gasteiger partial charge in [0.25, 0.3) is 0 Å². The van der Waals surface area contributed by atoms with Crippen LogP contribution in [0.2, 0.25) is 0 Å². The minimum atomic E-state index is -0.112. The second kappa shape index (κ2) is 9.10. The van der Waals surface area contributed by atoms with Crippen LogP contribution in [0, 0.1) is 58.2 Å². The molecule has 182 valence electrons. The third-order valence-electron chi connectivity index (χ3n) is 11.4. The fourth-order valence-electron chi connectivity index (χ4n) is 8.96. The van der Waals surface area contributed by atoms with Gasteiger partial charge in [0.05, 0.1) is 0 Å². The quantitative estimate of drug-likeness (QED) is 0.307. The van der Waals surface area contributed by atoms with Gasteiger partial charge in [-0.05, 0) is 103 Å². The number of carbonyl (C=O) groups excluding carboxylic acids is 1. The van der Waals surface area contributed by atoms with Crippen LogP contribution >= 0.6 is 0 Å². The molecule has 0 aromatic heterocycles. The Morgan fingerprint density at radius 2 is 1.62 bits per heavy atom. The summed E-state index contributed by atoms with van der Waals surface area (Å²) in [5.41, 5.74) is 0.928. The summed E-state index contributed by atoms with van der Waals surface area (Å²) in [4.78, 5) is 11.5. The molecule has 3 saturated carbocycles. The molecule has 4 aliphatic rings. The van der Waals surface area contributed by atoms with Gasteiger partial charge in [-0.25, -0.2) is 0 Å². The van der Waals surface area contributed by atoms with Gasteiger partial charge in [-0.1, -0.05) is 66.5 Å². The molecule has 0 radical (unpaired) electrons. The Morgan fingerprint density at radius 1 is 0.938 bits per heavy atom. The summed E-state index contributed by atoms with van der Waals surface area (Å²) < 4.78 is 5.63. The maximum absolute atomic E-state index is 11.5. The molecule has 0 heterocycles. The highest BCUT2D eigenvalue weighted by Crippen LogP contribution is 2.67. The van der Waals surface area contributed by atoms with Crippen LogP contribution in [-0.4, -0.2) is 12.1 Å². The van der Waals surface area contributed by atoms with Crippen molar-refractivity contribution in [3.63, 3.8) is 0 Å². The molecular weight excluding hydrogens is 392 g/mol. The molecule has 0 aromatic rings. The van der Waals surface area contributed by atoms with Crippen molar-refractivity contribution in [2.45, 2.75) is 112 Å². The summed E-state index contributed by atoms with van der Waals surface area (Å²) in [6.07, 6.45) is 17.2. The first-order valence-electron chi connectivity index (χ1n) is 13.9. The van der Waals surface area contributed by atoms with Gasteiger partial charge < -0.3 is 4.74 Å². The molecule has 0 spiro atoms. The van der Waals surface area contributed by atoms with E-state index < -0.39 is 0 Å². The van der Waals surface area contributed by atoms with Crippen LogP contribution in [0.1, 0.15) is 106 Å². The average molecular weight is 443 g/mol. The highest BCUT2D eigenvalue weighted by molar-refractivity contribution is 5.66. The van der Waals surface area contributed by atoms with Crippen molar-refractivity contribution in [2.75, 3.05) is 0 Å². The zero-order valence-corrected chi connectivity index (χ0v) is 22.0. The highest BCUT2D eigenvalue weighted by atomic mass is 16.5. The number of allylic oxidation sites excluding steroid dienone is 2. The van der Waals surface area contributed by atoms with Crippen molar-refractivity contribution in [3.8, 4) is 0 Å². The number of rotatable bonds is 6. The monoisotopic (exact) mass is 442 g/mol. The SMILES string of the molecule is CC(=O)O[C@H]1CC[C@@]2(C)[C@@H](C=C[C@@H]3[C@@H]2CC[C@]2(C)[C@@H]([C@H](C)CC[C@H](C)C(C)C)CC[C@@H]32)C1. The largest absolute Gasteiger partial charge is 0.463 e. The molecule has 2 nitrogen and oxygen atoms in total. The summed E-state index contributed by atoms with van der Waals surface area (Å²) in [6, 6.07) is 0. The lowest BCUT2D eigenvalue weighted by Gasteiger charge is -2.59. The smallest absolute Gasteiger partial charge is 0.302 e. The zero-order valence-electron chi connectivity index (χ0n) is 22.0. The predicted octanol–water partition coefficient (Wildman–Crippen LogP) is 8.06. The van der Waals surface area contributed by atoms with Crippen molar-refractivity contribution in [2.24, 2.45) is 58.2 Å². The Hall–Kier alpha value is -0.790. The number of esters is 1. The van der Waals surface area contributed by atoms with E-state index in [0.29, 0.717) is 16.7 Å². The molecule has 4 aliphatic carbocycles. The zero-order chi connectivity index (χ0) is 23.3. The van der Waals surface area contributed by atoms with Crippen LogP contribution in [0.15, 0.2) is 12.2 Å². The molecule has 0 aromatic carbocycles. The van der Waals surface area contributed by atoms with Crippen molar-refractivity contribution in [1.82, 2.24) is 0 Å². The minimum Gasteiger partial charge on any atom is -0.463 e. The Balaban J connectivity index is 1.47. The van der Waals surface area contributed by atoms with E-state index in [0.717, 1.165) is 54.3 Å². The first kappa shape index (κ1) is 24.3. The first-order valence-corrected chi connectivity index (χ1v) is 13.9. The molecule has 0 unspecified atom stereocenters. The molecule has 32 heavy (non-hydrogen) atoms. The summed E-state index contributed by atoms with van der Waals surface area (Å²) >= 11 is 0. The van der Waals surface area contributed by atoms with Crippen molar-refractivity contribution < 1.29 is 9.53 Å². The van der Waals surface area contributed by atoms with E-state index in [9.17, 15) is 4.79 Å². The van der Waals surface area contributed by atoms with E-state index in [2.05, 4.69) is 53.7 Å². The van der Waals surface area contributed by atoms with Crippen LogP contribution in [-0.2, 0) is 9.53 Å². The van der Waals surface area contributed by atoms with E-state index in [1.165, 1.54) is 44.9 Å².